The lowest BCUT2D eigenvalue weighted by molar-refractivity contribution is -0.196. The van der Waals surface area contributed by atoms with Crippen LogP contribution in [0, 0.1) is 24.2 Å². The van der Waals surface area contributed by atoms with Crippen molar-refractivity contribution in [3.63, 3.8) is 0 Å². The van der Waals surface area contributed by atoms with Gasteiger partial charge in [-0.05, 0) is 69.4 Å². The van der Waals surface area contributed by atoms with Gasteiger partial charge in [-0.2, -0.15) is 0 Å². The van der Waals surface area contributed by atoms with Crippen LogP contribution in [0.1, 0.15) is 44.2 Å². The molecule has 4 aliphatic carbocycles. The molecule has 1 aromatic carbocycles. The average Bonchev–Trinajstić information content (AvgIpc) is 2.94. The van der Waals surface area contributed by atoms with E-state index in [0.29, 0.717) is 29.6 Å². The third-order valence-corrected chi connectivity index (χ3v) is 7.62. The van der Waals surface area contributed by atoms with Gasteiger partial charge in [-0.15, -0.1) is 0 Å². The van der Waals surface area contributed by atoms with E-state index in [-0.39, 0.29) is 11.2 Å². The van der Waals surface area contributed by atoms with E-state index < -0.39 is 29.5 Å². The van der Waals surface area contributed by atoms with Crippen LogP contribution in [0.3, 0.4) is 0 Å². The molecule has 0 radical (unpaired) electrons. The van der Waals surface area contributed by atoms with Crippen molar-refractivity contribution >= 4 is 17.6 Å². The minimum atomic E-state index is -0.769. The van der Waals surface area contributed by atoms with Gasteiger partial charge in [0.2, 0.25) is 0 Å². The quantitative estimate of drug-likeness (QED) is 0.696. The Bertz CT molecular complexity index is 1120. The maximum atomic E-state index is 13.0. The molecule has 1 aromatic heterocycles. The van der Waals surface area contributed by atoms with E-state index in [1.807, 2.05) is 30.3 Å². The van der Waals surface area contributed by atoms with Crippen molar-refractivity contribution in [1.29, 1.82) is 0 Å². The van der Waals surface area contributed by atoms with Gasteiger partial charge in [-0.3, -0.25) is 19.1 Å². The second-order valence-corrected chi connectivity index (χ2v) is 10.0. The van der Waals surface area contributed by atoms with E-state index in [9.17, 15) is 19.5 Å². The minimum absolute atomic E-state index is 0.168. The van der Waals surface area contributed by atoms with Crippen molar-refractivity contribution in [2.75, 3.05) is 11.9 Å². The maximum absolute atomic E-state index is 13.0. The molecule has 0 spiro atoms. The number of nitrogens with zero attached hydrogens (tertiary/aromatic N) is 2. The van der Waals surface area contributed by atoms with Gasteiger partial charge in [0, 0.05) is 7.05 Å². The van der Waals surface area contributed by atoms with E-state index in [1.54, 1.807) is 18.7 Å². The molecular weight excluding hydrogens is 410 g/mol. The first kappa shape index (κ1) is 21.0. The Labute approximate surface area is 186 Å². The summed E-state index contributed by atoms with van der Waals surface area (Å²) in [4.78, 5) is 38.5. The lowest BCUT2D eigenvalue weighted by atomic mass is 9.48. The van der Waals surface area contributed by atoms with Crippen molar-refractivity contribution in [3.8, 4) is 5.69 Å². The average molecular weight is 440 g/mol. The van der Waals surface area contributed by atoms with Crippen molar-refractivity contribution in [3.05, 3.63) is 46.4 Å². The topological polar surface area (TPSA) is 103 Å². The summed E-state index contributed by atoms with van der Waals surface area (Å²) in [6.45, 7) is 1.30. The number of carbonyl (C=O) groups is 2. The summed E-state index contributed by atoms with van der Waals surface area (Å²) in [5, 5.41) is 13.5. The van der Waals surface area contributed by atoms with E-state index in [1.165, 1.54) is 4.68 Å². The Morgan fingerprint density at radius 3 is 2.44 bits per heavy atom. The van der Waals surface area contributed by atoms with Crippen molar-refractivity contribution < 1.29 is 19.4 Å². The predicted molar refractivity (Wildman–Crippen MR) is 117 cm³/mol. The van der Waals surface area contributed by atoms with Crippen LogP contribution in [0.5, 0.6) is 0 Å². The van der Waals surface area contributed by atoms with Crippen molar-refractivity contribution in [2.24, 2.45) is 24.3 Å². The van der Waals surface area contributed by atoms with Crippen LogP contribution < -0.4 is 10.9 Å². The van der Waals surface area contributed by atoms with Gasteiger partial charge in [0.05, 0.1) is 22.4 Å². The zero-order valence-electron chi connectivity index (χ0n) is 18.5. The molecule has 8 nitrogen and oxygen atoms in total. The van der Waals surface area contributed by atoms with Crippen LogP contribution >= 0.6 is 0 Å². The van der Waals surface area contributed by atoms with Gasteiger partial charge in [0.1, 0.15) is 5.69 Å². The number of benzene rings is 1. The van der Waals surface area contributed by atoms with Gasteiger partial charge < -0.3 is 15.2 Å². The normalized spacial score (nSPS) is 30.3. The van der Waals surface area contributed by atoms with E-state index in [0.717, 1.165) is 32.1 Å². The largest absolute Gasteiger partial charge is 0.455 e. The molecule has 2 atom stereocenters. The minimum Gasteiger partial charge on any atom is -0.455 e. The fourth-order valence-electron chi connectivity index (χ4n) is 6.62. The SMILES string of the molecule is Cc1c(NC(=O)COC(=O)C23C[C@H]4C[C@@H](CC(O)(C4)C2)C3)c(=O)n(-c2ccccc2)n1C. The lowest BCUT2D eigenvalue weighted by Gasteiger charge is -2.58. The van der Waals surface area contributed by atoms with E-state index in [2.05, 4.69) is 5.32 Å². The zero-order valence-corrected chi connectivity index (χ0v) is 18.5. The van der Waals surface area contributed by atoms with Gasteiger partial charge in [-0.1, -0.05) is 18.2 Å². The molecule has 4 aliphatic rings. The Hall–Kier alpha value is -2.87. The third-order valence-electron chi connectivity index (χ3n) is 7.62. The fraction of sp³-hybridized carbons (Fsp3) is 0.542. The molecule has 0 unspecified atom stereocenters. The van der Waals surface area contributed by atoms with E-state index in [4.69, 9.17) is 4.74 Å². The second kappa shape index (κ2) is 7.33. The molecule has 0 aliphatic heterocycles. The summed E-state index contributed by atoms with van der Waals surface area (Å²) in [6.07, 6.45) is 4.48. The molecule has 8 heteroatoms. The summed E-state index contributed by atoms with van der Waals surface area (Å²) < 4.78 is 8.58. The lowest BCUT2D eigenvalue weighted by Crippen LogP contribution is -2.58. The molecule has 4 fully saturated rings. The third kappa shape index (κ3) is 3.37. The highest BCUT2D eigenvalue weighted by molar-refractivity contribution is 5.93. The molecule has 170 valence electrons. The first-order valence-electron chi connectivity index (χ1n) is 11.2. The first-order valence-corrected chi connectivity index (χ1v) is 11.2. The molecule has 6 rings (SSSR count). The Kier molecular flexibility index (Phi) is 4.81. The molecule has 2 aromatic rings. The molecule has 2 N–H and O–H groups in total. The summed E-state index contributed by atoms with van der Waals surface area (Å²) >= 11 is 0. The molecule has 0 saturated heterocycles. The summed E-state index contributed by atoms with van der Waals surface area (Å²) in [7, 11) is 1.75. The monoisotopic (exact) mass is 439 g/mol. The summed E-state index contributed by atoms with van der Waals surface area (Å²) in [5.74, 6) is -0.239. The van der Waals surface area contributed by atoms with Crippen LogP contribution in [0.2, 0.25) is 0 Å². The van der Waals surface area contributed by atoms with Crippen LogP contribution in [-0.4, -0.2) is 38.6 Å². The number of para-hydroxylation sites is 1. The highest BCUT2D eigenvalue weighted by atomic mass is 16.5. The summed E-state index contributed by atoms with van der Waals surface area (Å²) in [5.41, 5.74) is -0.339. The molecule has 4 saturated carbocycles. The Morgan fingerprint density at radius 1 is 1.16 bits per heavy atom. The number of hydrogen-bond acceptors (Lipinski definition) is 5. The molecule has 32 heavy (non-hydrogen) atoms. The number of nitrogens with one attached hydrogen (secondary N) is 1. The second-order valence-electron chi connectivity index (χ2n) is 10.0. The molecule has 4 bridgehead atoms. The predicted octanol–water partition coefficient (Wildman–Crippen LogP) is 2.30. The zero-order chi connectivity index (χ0) is 22.7. The number of ether oxygens (including phenoxy) is 1. The number of esters is 1. The van der Waals surface area contributed by atoms with Crippen LogP contribution in [0.15, 0.2) is 35.1 Å². The number of aliphatic hydroxyl groups is 1. The summed E-state index contributed by atoms with van der Waals surface area (Å²) in [6, 6.07) is 9.16. The number of carbonyl (C=O) groups excluding carboxylic acids is 2. The smallest absolute Gasteiger partial charge is 0.312 e. The highest BCUT2D eigenvalue weighted by Gasteiger charge is 2.60. The molecule has 1 heterocycles. The number of amides is 1. The standard InChI is InChI=1S/C24H29N3O5/c1-15-20(21(29)27(26(15)2)18-6-4-3-5-7-18)25-19(28)13-32-22(30)23-9-16-8-17(10-23)12-24(31,11-16)14-23/h3-7,16-17,31H,8-14H2,1-2H3,(H,25,28)/t16-,17-,23?,24?/m1/s1. The molecular formula is C24H29N3O5. The molecule has 1 amide bonds. The number of hydrogen-bond donors (Lipinski definition) is 2. The Morgan fingerprint density at radius 2 is 1.81 bits per heavy atom. The maximum Gasteiger partial charge on any atom is 0.312 e. The van der Waals surface area contributed by atoms with Crippen molar-refractivity contribution in [1.82, 2.24) is 9.36 Å². The van der Waals surface area contributed by atoms with Crippen molar-refractivity contribution in [2.45, 2.75) is 51.0 Å². The van der Waals surface area contributed by atoms with Gasteiger partial charge in [0.15, 0.2) is 6.61 Å². The van der Waals surface area contributed by atoms with Crippen LogP contribution in [-0.2, 0) is 21.4 Å². The number of aromatic nitrogens is 2. The number of anilines is 1. The van der Waals surface area contributed by atoms with Crippen LogP contribution in [0.4, 0.5) is 5.69 Å². The van der Waals surface area contributed by atoms with Gasteiger partial charge >= 0.3 is 5.97 Å². The number of rotatable bonds is 5. The van der Waals surface area contributed by atoms with Gasteiger partial charge in [-0.25, -0.2) is 4.68 Å². The first-order chi connectivity index (χ1) is 15.2. The Balaban J connectivity index is 1.27. The van der Waals surface area contributed by atoms with Gasteiger partial charge in [0.25, 0.3) is 11.5 Å². The van der Waals surface area contributed by atoms with Crippen LogP contribution in [0.25, 0.3) is 5.69 Å². The highest BCUT2D eigenvalue weighted by Crippen LogP contribution is 2.61. The fourth-order valence-corrected chi connectivity index (χ4v) is 6.62. The van der Waals surface area contributed by atoms with E-state index >= 15 is 0 Å².